The van der Waals surface area contributed by atoms with Crippen LogP contribution in [0, 0.1) is 0 Å². The van der Waals surface area contributed by atoms with Crippen molar-refractivity contribution in [3.8, 4) is 0 Å². The maximum Gasteiger partial charge on any atom is 0.104 e. The van der Waals surface area contributed by atoms with Gasteiger partial charge in [0.05, 0.1) is 19.6 Å². The molecule has 0 aliphatic rings. The van der Waals surface area contributed by atoms with Crippen LogP contribution in [-0.2, 0) is 6.54 Å². The van der Waals surface area contributed by atoms with Crippen LogP contribution in [0.1, 0.15) is 219 Å². The van der Waals surface area contributed by atoms with Gasteiger partial charge in [-0.25, -0.2) is 0 Å². The zero-order chi connectivity index (χ0) is 31.7. The third-order valence-electron chi connectivity index (χ3n) is 10.3. The predicted octanol–water partition coefficient (Wildman–Crippen LogP) is 14.8. The number of rotatable bonds is 35. The molecule has 44 heavy (non-hydrogen) atoms. The van der Waals surface area contributed by atoms with Crippen molar-refractivity contribution in [3.05, 3.63) is 35.9 Å². The zero-order valence-electron chi connectivity index (χ0n) is 30.9. The van der Waals surface area contributed by atoms with Gasteiger partial charge in [-0.05, 0) is 38.5 Å². The second-order valence-electron chi connectivity index (χ2n) is 14.7. The summed E-state index contributed by atoms with van der Waals surface area (Å²) in [5.41, 5.74) is 1.57. The maximum absolute atomic E-state index is 2.40. The second kappa shape index (κ2) is 32.1. The van der Waals surface area contributed by atoms with E-state index in [-0.39, 0.29) is 0 Å². The summed E-state index contributed by atoms with van der Waals surface area (Å²) in [6, 6.07) is 11.5. The SMILES string of the molecule is CCCCCCCCCCCCCCCC[N+](CCCCCCCCCC)(CCCCCCCCCC)Cc1ccccc1. The quantitative estimate of drug-likeness (QED) is 0.0528. The molecule has 0 heterocycles. The van der Waals surface area contributed by atoms with Gasteiger partial charge in [0, 0.05) is 5.56 Å². The Labute approximate surface area is 279 Å². The van der Waals surface area contributed by atoms with Gasteiger partial charge < -0.3 is 4.48 Å². The Morgan fingerprint density at radius 3 is 0.841 bits per heavy atom. The molecule has 0 fully saturated rings. The molecule has 1 heteroatoms. The Bertz CT molecular complexity index is 647. The topological polar surface area (TPSA) is 0 Å². The standard InChI is InChI=1S/C43H82N/c1-4-7-10-13-16-19-20-21-22-23-24-27-30-36-41-44(42-43-37-32-31-33-38-43,39-34-28-25-17-14-11-8-5-2)40-35-29-26-18-15-12-9-6-3/h31-33,37-38H,4-30,34-36,39-42H2,1-3H3/q+1. The fraction of sp³-hybridized carbons (Fsp3) is 0.860. The van der Waals surface area contributed by atoms with Crippen LogP contribution in [0.3, 0.4) is 0 Å². The molecule has 0 aliphatic heterocycles. The summed E-state index contributed by atoms with van der Waals surface area (Å²) in [6.45, 7) is 12.4. The van der Waals surface area contributed by atoms with E-state index in [0.717, 1.165) is 0 Å². The highest BCUT2D eigenvalue weighted by Crippen LogP contribution is 2.23. The first kappa shape index (κ1) is 41.2. The number of nitrogens with zero attached hydrogens (tertiary/aromatic N) is 1. The molecule has 0 bridgehead atoms. The molecule has 1 nitrogen and oxygen atoms in total. The van der Waals surface area contributed by atoms with Crippen LogP contribution in [0.25, 0.3) is 0 Å². The lowest BCUT2D eigenvalue weighted by Gasteiger charge is -2.39. The lowest BCUT2D eigenvalue weighted by molar-refractivity contribution is -0.941. The maximum atomic E-state index is 2.40. The van der Waals surface area contributed by atoms with E-state index in [2.05, 4.69) is 51.1 Å². The van der Waals surface area contributed by atoms with E-state index >= 15 is 0 Å². The molecule has 0 saturated heterocycles. The summed E-state index contributed by atoms with van der Waals surface area (Å²) in [4.78, 5) is 0. The van der Waals surface area contributed by atoms with Crippen molar-refractivity contribution in [3.63, 3.8) is 0 Å². The van der Waals surface area contributed by atoms with Crippen LogP contribution in [0.5, 0.6) is 0 Å². The predicted molar refractivity (Wildman–Crippen MR) is 201 cm³/mol. The molecule has 0 radical (unpaired) electrons. The Morgan fingerprint density at radius 1 is 0.318 bits per heavy atom. The van der Waals surface area contributed by atoms with Crippen LogP contribution < -0.4 is 0 Å². The first-order chi connectivity index (χ1) is 21.8. The highest BCUT2D eigenvalue weighted by Gasteiger charge is 2.26. The Morgan fingerprint density at radius 2 is 0.568 bits per heavy atom. The van der Waals surface area contributed by atoms with Gasteiger partial charge in [0.15, 0.2) is 0 Å². The minimum absolute atomic E-state index is 1.26. The third kappa shape index (κ3) is 25.4. The van der Waals surface area contributed by atoms with Crippen molar-refractivity contribution in [1.29, 1.82) is 0 Å². The molecule has 0 saturated carbocycles. The molecule has 0 N–H and O–H groups in total. The summed E-state index contributed by atoms with van der Waals surface area (Å²) in [7, 11) is 0. The van der Waals surface area contributed by atoms with Crippen LogP contribution in [-0.4, -0.2) is 24.1 Å². The number of unbranched alkanes of at least 4 members (excludes halogenated alkanes) is 27. The Kier molecular flexibility index (Phi) is 30.1. The molecule has 1 aromatic carbocycles. The summed E-state index contributed by atoms with van der Waals surface area (Å²) in [5.74, 6) is 0. The molecular weight excluding hydrogens is 530 g/mol. The van der Waals surface area contributed by atoms with E-state index in [9.17, 15) is 0 Å². The summed E-state index contributed by atoms with van der Waals surface area (Å²) in [5, 5.41) is 0. The van der Waals surface area contributed by atoms with E-state index in [0.29, 0.717) is 0 Å². The van der Waals surface area contributed by atoms with Gasteiger partial charge >= 0.3 is 0 Å². The van der Waals surface area contributed by atoms with E-state index in [1.165, 1.54) is 223 Å². The average molecular weight is 613 g/mol. The number of benzene rings is 1. The molecule has 0 unspecified atom stereocenters. The Balaban J connectivity index is 2.51. The van der Waals surface area contributed by atoms with E-state index < -0.39 is 0 Å². The van der Waals surface area contributed by atoms with Gasteiger partial charge in [-0.3, -0.25) is 0 Å². The number of quaternary nitrogens is 1. The number of hydrogen-bond donors (Lipinski definition) is 0. The fourth-order valence-electron chi connectivity index (χ4n) is 7.35. The molecule has 0 amide bonds. The van der Waals surface area contributed by atoms with E-state index in [1.807, 2.05) is 0 Å². The van der Waals surface area contributed by atoms with E-state index in [1.54, 1.807) is 5.56 Å². The zero-order valence-corrected chi connectivity index (χ0v) is 30.9. The first-order valence-corrected chi connectivity index (χ1v) is 20.7. The normalized spacial score (nSPS) is 11.9. The number of hydrogen-bond acceptors (Lipinski definition) is 0. The molecule has 0 aromatic heterocycles. The highest BCUT2D eigenvalue weighted by molar-refractivity contribution is 5.13. The van der Waals surface area contributed by atoms with Crippen molar-refractivity contribution in [2.45, 2.75) is 220 Å². The Hall–Kier alpha value is -0.820. The summed E-state index contributed by atoms with van der Waals surface area (Å²) >= 11 is 0. The minimum Gasteiger partial charge on any atom is -0.320 e. The van der Waals surface area contributed by atoms with Crippen LogP contribution in [0.4, 0.5) is 0 Å². The van der Waals surface area contributed by atoms with Crippen LogP contribution in [0.15, 0.2) is 30.3 Å². The highest BCUT2D eigenvalue weighted by atomic mass is 15.3. The largest absolute Gasteiger partial charge is 0.320 e. The third-order valence-corrected chi connectivity index (χ3v) is 10.3. The molecule has 0 aliphatic carbocycles. The average Bonchev–Trinajstić information content (AvgIpc) is 3.04. The van der Waals surface area contributed by atoms with Crippen molar-refractivity contribution in [2.75, 3.05) is 19.6 Å². The van der Waals surface area contributed by atoms with Crippen LogP contribution >= 0.6 is 0 Å². The molecule has 258 valence electrons. The van der Waals surface area contributed by atoms with Crippen molar-refractivity contribution in [1.82, 2.24) is 0 Å². The van der Waals surface area contributed by atoms with Gasteiger partial charge in [0.25, 0.3) is 0 Å². The molecule has 1 aromatic rings. The summed E-state index contributed by atoms with van der Waals surface area (Å²) < 4.78 is 1.36. The monoisotopic (exact) mass is 613 g/mol. The molecule has 1 rings (SSSR count). The van der Waals surface area contributed by atoms with Crippen molar-refractivity contribution in [2.24, 2.45) is 0 Å². The van der Waals surface area contributed by atoms with Gasteiger partial charge in [0.1, 0.15) is 6.54 Å². The fourth-order valence-corrected chi connectivity index (χ4v) is 7.35. The van der Waals surface area contributed by atoms with Gasteiger partial charge in [0.2, 0.25) is 0 Å². The van der Waals surface area contributed by atoms with Crippen molar-refractivity contribution >= 4 is 0 Å². The van der Waals surface area contributed by atoms with Gasteiger partial charge in [-0.15, -0.1) is 0 Å². The smallest absolute Gasteiger partial charge is 0.104 e. The van der Waals surface area contributed by atoms with Gasteiger partial charge in [-0.2, -0.15) is 0 Å². The van der Waals surface area contributed by atoms with E-state index in [4.69, 9.17) is 0 Å². The van der Waals surface area contributed by atoms with Crippen LogP contribution in [0.2, 0.25) is 0 Å². The molecule has 0 atom stereocenters. The minimum atomic E-state index is 1.26. The lowest BCUT2D eigenvalue weighted by atomic mass is 10.0. The van der Waals surface area contributed by atoms with Crippen molar-refractivity contribution < 1.29 is 4.48 Å². The summed E-state index contributed by atoms with van der Waals surface area (Å²) in [6.07, 6.45) is 43.3. The second-order valence-corrected chi connectivity index (χ2v) is 14.7. The molecular formula is C43H82N+. The van der Waals surface area contributed by atoms with Gasteiger partial charge in [-0.1, -0.05) is 205 Å². The first-order valence-electron chi connectivity index (χ1n) is 20.7. The molecule has 0 spiro atoms. The lowest BCUT2D eigenvalue weighted by Crippen LogP contribution is -2.49.